The van der Waals surface area contributed by atoms with E-state index in [2.05, 4.69) is 28.1 Å². The number of nitrogens with zero attached hydrogens (tertiary/aromatic N) is 4. The molecule has 1 aromatic carbocycles. The number of hydrogen-bond donors (Lipinski definition) is 0. The number of carbonyl (C=O) groups is 1. The summed E-state index contributed by atoms with van der Waals surface area (Å²) in [7, 11) is -3.48. The normalized spacial score (nSPS) is 22.1. The van der Waals surface area contributed by atoms with Crippen molar-refractivity contribution in [2.24, 2.45) is 0 Å². The fourth-order valence-corrected chi connectivity index (χ4v) is 7.11. The summed E-state index contributed by atoms with van der Waals surface area (Å²) >= 11 is 1.42. The third-order valence-electron chi connectivity index (χ3n) is 6.78. The molecule has 0 N–H and O–H groups in total. The Labute approximate surface area is 203 Å². The minimum Gasteiger partial charge on any atom is -0.477 e. The number of anilines is 1. The Bertz CT molecular complexity index is 1170. The molecule has 1 aliphatic carbocycles. The van der Waals surface area contributed by atoms with Gasteiger partial charge in [0.2, 0.25) is 5.13 Å². The Hall–Kier alpha value is -2.27. The van der Waals surface area contributed by atoms with Crippen molar-refractivity contribution in [1.82, 2.24) is 14.3 Å². The average Bonchev–Trinajstić information content (AvgIpc) is 3.46. The van der Waals surface area contributed by atoms with Gasteiger partial charge < -0.3 is 14.5 Å². The maximum absolute atomic E-state index is 14.6. The van der Waals surface area contributed by atoms with Crippen LogP contribution in [0.2, 0.25) is 0 Å². The number of sulfone groups is 1. The van der Waals surface area contributed by atoms with Crippen LogP contribution in [0.5, 0.6) is 5.75 Å². The molecule has 1 atom stereocenters. The SMILES string of the molecule is CC(C)c1nsc(N2CCC(N3CCC(Oc4ccc(S(=O)(=O)C5CC5)cc4F)C3=O)CC2)n1. The third kappa shape index (κ3) is 4.51. The first kappa shape index (κ1) is 23.5. The van der Waals surface area contributed by atoms with Crippen molar-refractivity contribution in [3.63, 3.8) is 0 Å². The average molecular weight is 509 g/mol. The highest BCUT2D eigenvalue weighted by Gasteiger charge is 2.40. The van der Waals surface area contributed by atoms with Crippen LogP contribution < -0.4 is 9.64 Å². The molecule has 2 aliphatic heterocycles. The largest absolute Gasteiger partial charge is 0.477 e. The van der Waals surface area contributed by atoms with Gasteiger partial charge in [-0.2, -0.15) is 4.37 Å². The predicted molar refractivity (Wildman–Crippen MR) is 127 cm³/mol. The zero-order valence-corrected chi connectivity index (χ0v) is 20.9. The Balaban J connectivity index is 1.18. The summed E-state index contributed by atoms with van der Waals surface area (Å²) in [5.41, 5.74) is 0. The molecule has 11 heteroatoms. The number of ether oxygens (including phenoxy) is 1. The van der Waals surface area contributed by atoms with Crippen LogP contribution in [0.3, 0.4) is 0 Å². The van der Waals surface area contributed by atoms with E-state index in [9.17, 15) is 17.6 Å². The summed E-state index contributed by atoms with van der Waals surface area (Å²) in [5, 5.41) is 0.526. The van der Waals surface area contributed by atoms with Crippen molar-refractivity contribution in [2.45, 2.75) is 74.2 Å². The number of benzene rings is 1. The van der Waals surface area contributed by atoms with E-state index < -0.39 is 27.0 Å². The zero-order chi connectivity index (χ0) is 24.0. The molecule has 1 amide bonds. The van der Waals surface area contributed by atoms with E-state index in [4.69, 9.17) is 4.74 Å². The number of aromatic nitrogens is 2. The number of halogens is 1. The van der Waals surface area contributed by atoms with Gasteiger partial charge in [-0.05, 0) is 43.9 Å². The van der Waals surface area contributed by atoms with E-state index in [1.54, 1.807) is 0 Å². The van der Waals surface area contributed by atoms with E-state index in [-0.39, 0.29) is 22.6 Å². The molecule has 5 rings (SSSR count). The van der Waals surface area contributed by atoms with Gasteiger partial charge in [0.25, 0.3) is 5.91 Å². The van der Waals surface area contributed by atoms with Crippen molar-refractivity contribution in [3.8, 4) is 5.75 Å². The molecule has 1 aromatic heterocycles. The van der Waals surface area contributed by atoms with E-state index in [0.717, 1.165) is 43.0 Å². The topological polar surface area (TPSA) is 92.7 Å². The highest BCUT2D eigenvalue weighted by molar-refractivity contribution is 7.92. The first-order chi connectivity index (χ1) is 16.2. The summed E-state index contributed by atoms with van der Waals surface area (Å²) < 4.78 is 49.4. The molecule has 0 radical (unpaired) electrons. The van der Waals surface area contributed by atoms with Gasteiger partial charge in [-0.25, -0.2) is 17.8 Å². The van der Waals surface area contributed by atoms with E-state index in [1.807, 2.05) is 4.90 Å². The van der Waals surface area contributed by atoms with Crippen molar-refractivity contribution in [1.29, 1.82) is 0 Å². The molecule has 3 heterocycles. The summed E-state index contributed by atoms with van der Waals surface area (Å²) in [5.74, 6) is 0.194. The van der Waals surface area contributed by atoms with Crippen molar-refractivity contribution in [2.75, 3.05) is 24.5 Å². The van der Waals surface area contributed by atoms with Gasteiger partial charge in [0.1, 0.15) is 5.82 Å². The van der Waals surface area contributed by atoms with Crippen molar-refractivity contribution >= 4 is 32.4 Å². The zero-order valence-electron chi connectivity index (χ0n) is 19.3. The second-order valence-corrected chi connectivity index (χ2v) is 12.5. The van der Waals surface area contributed by atoms with Gasteiger partial charge in [0, 0.05) is 49.5 Å². The lowest BCUT2D eigenvalue weighted by Gasteiger charge is -2.36. The number of likely N-dealkylation sites (tertiary alicyclic amines) is 1. The fourth-order valence-electron chi connectivity index (χ4n) is 4.58. The number of carbonyl (C=O) groups excluding carboxylic acids is 1. The molecule has 1 unspecified atom stereocenters. The molecule has 0 bridgehead atoms. The molecule has 184 valence electrons. The highest BCUT2D eigenvalue weighted by atomic mass is 32.2. The van der Waals surface area contributed by atoms with Crippen LogP contribution in [0.25, 0.3) is 0 Å². The highest BCUT2D eigenvalue weighted by Crippen LogP contribution is 2.35. The van der Waals surface area contributed by atoms with Gasteiger partial charge in [-0.3, -0.25) is 4.79 Å². The van der Waals surface area contributed by atoms with Crippen LogP contribution in [0, 0.1) is 5.82 Å². The Morgan fingerprint density at radius 2 is 1.85 bits per heavy atom. The van der Waals surface area contributed by atoms with Gasteiger partial charge in [0.05, 0.1) is 10.1 Å². The molecule has 0 spiro atoms. The van der Waals surface area contributed by atoms with Crippen molar-refractivity contribution in [3.05, 3.63) is 29.8 Å². The quantitative estimate of drug-likeness (QED) is 0.566. The first-order valence-corrected chi connectivity index (χ1v) is 14.1. The summed E-state index contributed by atoms with van der Waals surface area (Å²) in [6.07, 6.45) is 2.62. The van der Waals surface area contributed by atoms with Crippen LogP contribution in [0.15, 0.2) is 23.1 Å². The van der Waals surface area contributed by atoms with E-state index >= 15 is 0 Å². The van der Waals surface area contributed by atoms with Crippen LogP contribution in [-0.4, -0.2) is 65.6 Å². The van der Waals surface area contributed by atoms with Crippen LogP contribution >= 0.6 is 11.5 Å². The van der Waals surface area contributed by atoms with Crippen LogP contribution in [0.1, 0.15) is 57.7 Å². The second-order valence-electron chi connectivity index (χ2n) is 9.57. The van der Waals surface area contributed by atoms with Gasteiger partial charge >= 0.3 is 0 Å². The van der Waals surface area contributed by atoms with Gasteiger partial charge in [-0.15, -0.1) is 0 Å². The predicted octanol–water partition coefficient (Wildman–Crippen LogP) is 3.39. The fraction of sp³-hybridized carbons (Fsp3) is 0.609. The molecule has 34 heavy (non-hydrogen) atoms. The smallest absolute Gasteiger partial charge is 0.263 e. The number of amides is 1. The molecule has 2 saturated heterocycles. The van der Waals surface area contributed by atoms with Crippen LogP contribution in [0.4, 0.5) is 9.52 Å². The molecular formula is C23H29FN4O4S2. The van der Waals surface area contributed by atoms with Gasteiger partial charge in [-0.1, -0.05) is 13.8 Å². The molecule has 1 saturated carbocycles. The molecular weight excluding hydrogens is 479 g/mol. The van der Waals surface area contributed by atoms with E-state index in [0.29, 0.717) is 31.7 Å². The Morgan fingerprint density at radius 3 is 2.47 bits per heavy atom. The maximum atomic E-state index is 14.6. The Kier molecular flexibility index (Phi) is 6.26. The number of piperidine rings is 1. The lowest BCUT2D eigenvalue weighted by Crippen LogP contribution is -2.47. The summed E-state index contributed by atoms with van der Waals surface area (Å²) in [6.45, 7) is 6.33. The second kappa shape index (κ2) is 9.07. The number of rotatable bonds is 7. The summed E-state index contributed by atoms with van der Waals surface area (Å²) in [4.78, 5) is 21.7. The monoisotopic (exact) mass is 508 g/mol. The Morgan fingerprint density at radius 1 is 1.12 bits per heavy atom. The van der Waals surface area contributed by atoms with Crippen molar-refractivity contribution < 1.29 is 22.3 Å². The third-order valence-corrected chi connectivity index (χ3v) is 9.83. The lowest BCUT2D eigenvalue weighted by molar-refractivity contribution is -0.135. The lowest BCUT2D eigenvalue weighted by atomic mass is 10.0. The summed E-state index contributed by atoms with van der Waals surface area (Å²) in [6, 6.07) is 3.82. The first-order valence-electron chi connectivity index (χ1n) is 11.8. The van der Waals surface area contributed by atoms with E-state index in [1.165, 1.54) is 23.7 Å². The van der Waals surface area contributed by atoms with Gasteiger partial charge in [0.15, 0.2) is 27.5 Å². The maximum Gasteiger partial charge on any atom is 0.263 e. The minimum atomic E-state index is -3.48. The molecule has 3 fully saturated rings. The minimum absolute atomic E-state index is 0.0260. The molecule has 2 aromatic rings. The molecule has 3 aliphatic rings. The standard InChI is InChI=1S/C23H29FN4O4S2/c1-14(2)21-25-23(33-26-21)27-10-7-15(8-11-27)28-12-9-20(22(28)29)32-19-6-5-17(13-18(19)24)34(30,31)16-3-4-16/h5-6,13-16,20H,3-4,7-12H2,1-2H3. The van der Waals surface area contributed by atoms with Crippen LogP contribution in [-0.2, 0) is 14.6 Å². The molecule has 8 nitrogen and oxygen atoms in total. The number of hydrogen-bond acceptors (Lipinski definition) is 8.